The molecule has 1 aromatic heterocycles. The van der Waals surface area contributed by atoms with E-state index >= 15 is 0 Å². The molecule has 0 spiro atoms. The first-order chi connectivity index (χ1) is 12.3. The van der Waals surface area contributed by atoms with Crippen molar-refractivity contribution in [1.82, 2.24) is 10.2 Å². The molecule has 0 bridgehead atoms. The molecule has 8 heteroatoms. The Kier molecular flexibility index (Phi) is 5.01. The van der Waals surface area contributed by atoms with E-state index in [4.69, 9.17) is 4.42 Å². The third kappa shape index (κ3) is 4.07. The second-order valence-corrected chi connectivity index (χ2v) is 6.09. The first-order valence-electron chi connectivity index (χ1n) is 8.15. The summed E-state index contributed by atoms with van der Waals surface area (Å²) in [7, 11) is 0. The summed E-state index contributed by atoms with van der Waals surface area (Å²) in [5.74, 6) is -0.384. The van der Waals surface area contributed by atoms with Gasteiger partial charge in [-0.2, -0.15) is 13.2 Å². The van der Waals surface area contributed by atoms with Gasteiger partial charge in [0, 0.05) is 24.7 Å². The number of piperidine rings is 1. The van der Waals surface area contributed by atoms with E-state index in [1.54, 1.807) is 17.0 Å². The summed E-state index contributed by atoms with van der Waals surface area (Å²) in [6.07, 6.45) is -1.87. The number of likely N-dealkylation sites (tertiary alicyclic amines) is 1. The number of nitrogens with zero attached hydrogens (tertiary/aromatic N) is 1. The lowest BCUT2D eigenvalue weighted by atomic mass is 10.0. The third-order valence-electron chi connectivity index (χ3n) is 4.32. The van der Waals surface area contributed by atoms with Gasteiger partial charge in [-0.3, -0.25) is 9.59 Å². The molecule has 0 atom stereocenters. The van der Waals surface area contributed by atoms with Crippen LogP contribution in [-0.2, 0) is 6.18 Å². The molecule has 1 aromatic carbocycles. The molecule has 0 saturated carbocycles. The van der Waals surface area contributed by atoms with Crippen molar-refractivity contribution in [3.8, 4) is 0 Å². The summed E-state index contributed by atoms with van der Waals surface area (Å²) in [5.41, 5.74) is -0.565. The molecule has 1 saturated heterocycles. The number of amides is 2. The minimum absolute atomic E-state index is 0.0794. The van der Waals surface area contributed by atoms with Gasteiger partial charge < -0.3 is 14.6 Å². The van der Waals surface area contributed by atoms with E-state index in [-0.39, 0.29) is 29.2 Å². The maximum absolute atomic E-state index is 12.6. The predicted molar refractivity (Wildman–Crippen MR) is 86.5 cm³/mol. The molecule has 3 rings (SSSR count). The van der Waals surface area contributed by atoms with Crippen LogP contribution in [0, 0.1) is 0 Å². The highest BCUT2D eigenvalue weighted by atomic mass is 19.4. The maximum Gasteiger partial charge on any atom is 0.416 e. The number of benzene rings is 1. The molecule has 1 aliphatic heterocycles. The van der Waals surface area contributed by atoms with E-state index in [1.807, 2.05) is 0 Å². The van der Waals surface area contributed by atoms with E-state index in [9.17, 15) is 22.8 Å². The van der Waals surface area contributed by atoms with Crippen LogP contribution < -0.4 is 5.32 Å². The Bertz CT molecular complexity index is 762. The average molecular weight is 366 g/mol. The highest BCUT2D eigenvalue weighted by molar-refractivity contribution is 5.94. The monoisotopic (exact) mass is 366 g/mol. The fourth-order valence-corrected chi connectivity index (χ4v) is 2.88. The molecular formula is C18H17F3N2O3. The Labute approximate surface area is 147 Å². The predicted octanol–water partition coefficient (Wildman–Crippen LogP) is 3.33. The largest absolute Gasteiger partial charge is 0.459 e. The Balaban J connectivity index is 1.54. The minimum atomic E-state index is -4.42. The first-order valence-corrected chi connectivity index (χ1v) is 8.15. The number of furan rings is 1. The number of nitrogens with one attached hydrogen (secondary N) is 1. The van der Waals surface area contributed by atoms with Crippen molar-refractivity contribution in [2.75, 3.05) is 13.1 Å². The van der Waals surface area contributed by atoms with Crippen LogP contribution in [0.5, 0.6) is 0 Å². The van der Waals surface area contributed by atoms with E-state index in [1.165, 1.54) is 18.4 Å². The summed E-state index contributed by atoms with van der Waals surface area (Å²) >= 11 is 0. The van der Waals surface area contributed by atoms with Crippen LogP contribution in [0.1, 0.15) is 39.3 Å². The van der Waals surface area contributed by atoms with Crippen molar-refractivity contribution in [3.63, 3.8) is 0 Å². The van der Waals surface area contributed by atoms with Crippen molar-refractivity contribution in [3.05, 3.63) is 59.5 Å². The first kappa shape index (κ1) is 18.0. The Morgan fingerprint density at radius 3 is 2.27 bits per heavy atom. The zero-order valence-corrected chi connectivity index (χ0v) is 13.8. The molecule has 138 valence electrons. The van der Waals surface area contributed by atoms with E-state index < -0.39 is 11.7 Å². The standard InChI is InChI=1S/C18H17F3N2O3/c19-18(20,21)13-5-3-12(4-6-13)17(25)23-9-7-14(8-10-23)22-16(24)15-2-1-11-26-15/h1-6,11,14H,7-10H2,(H,22,24). The van der Waals surface area contributed by atoms with Gasteiger partial charge in [0.25, 0.3) is 11.8 Å². The summed E-state index contributed by atoms with van der Waals surface area (Å²) in [6.45, 7) is 0.839. The van der Waals surface area contributed by atoms with Gasteiger partial charge in [-0.05, 0) is 49.2 Å². The van der Waals surface area contributed by atoms with Crippen LogP contribution in [0.2, 0.25) is 0 Å². The van der Waals surface area contributed by atoms with Gasteiger partial charge in [-0.15, -0.1) is 0 Å². The van der Waals surface area contributed by atoms with Gasteiger partial charge in [0.15, 0.2) is 5.76 Å². The summed E-state index contributed by atoms with van der Waals surface area (Å²) in [5, 5.41) is 2.85. The van der Waals surface area contributed by atoms with Gasteiger partial charge >= 0.3 is 6.18 Å². The Hall–Kier alpha value is -2.77. The topological polar surface area (TPSA) is 62.6 Å². The lowest BCUT2D eigenvalue weighted by Gasteiger charge is -2.32. The summed E-state index contributed by atoms with van der Waals surface area (Å²) in [6, 6.07) is 7.31. The summed E-state index contributed by atoms with van der Waals surface area (Å²) < 4.78 is 42.8. The molecule has 0 radical (unpaired) electrons. The van der Waals surface area contributed by atoms with Crippen LogP contribution in [0.3, 0.4) is 0 Å². The van der Waals surface area contributed by atoms with E-state index in [0.29, 0.717) is 25.9 Å². The number of carbonyl (C=O) groups excluding carboxylic acids is 2. The second-order valence-electron chi connectivity index (χ2n) is 6.09. The number of halogens is 3. The van der Waals surface area contributed by atoms with E-state index in [2.05, 4.69) is 5.32 Å². The van der Waals surface area contributed by atoms with Gasteiger partial charge in [0.1, 0.15) is 0 Å². The molecule has 1 fully saturated rings. The molecule has 26 heavy (non-hydrogen) atoms. The van der Waals surface area contributed by atoms with Crippen molar-refractivity contribution in [2.45, 2.75) is 25.1 Å². The SMILES string of the molecule is O=C(NC1CCN(C(=O)c2ccc(C(F)(F)F)cc2)CC1)c1ccco1. The molecule has 0 unspecified atom stereocenters. The smallest absolute Gasteiger partial charge is 0.416 e. The van der Waals surface area contributed by atoms with Crippen LogP contribution in [-0.4, -0.2) is 35.8 Å². The third-order valence-corrected chi connectivity index (χ3v) is 4.32. The fourth-order valence-electron chi connectivity index (χ4n) is 2.88. The molecular weight excluding hydrogens is 349 g/mol. The van der Waals surface area contributed by atoms with Gasteiger partial charge in [-0.1, -0.05) is 0 Å². The fraction of sp³-hybridized carbons (Fsp3) is 0.333. The number of rotatable bonds is 3. The molecule has 5 nitrogen and oxygen atoms in total. The minimum Gasteiger partial charge on any atom is -0.459 e. The highest BCUT2D eigenvalue weighted by Gasteiger charge is 2.31. The summed E-state index contributed by atoms with van der Waals surface area (Å²) in [4.78, 5) is 25.9. The molecule has 2 aromatic rings. The van der Waals surface area contributed by atoms with E-state index in [0.717, 1.165) is 12.1 Å². The lowest BCUT2D eigenvalue weighted by Crippen LogP contribution is -2.46. The zero-order valence-electron chi connectivity index (χ0n) is 13.8. The average Bonchev–Trinajstić information content (AvgIpc) is 3.16. The van der Waals surface area contributed by atoms with Crippen molar-refractivity contribution < 1.29 is 27.2 Å². The molecule has 1 aliphatic rings. The van der Waals surface area contributed by atoms with Gasteiger partial charge in [-0.25, -0.2) is 0 Å². The number of hydrogen-bond acceptors (Lipinski definition) is 3. The molecule has 0 aliphatic carbocycles. The zero-order chi connectivity index (χ0) is 18.7. The van der Waals surface area contributed by atoms with Crippen molar-refractivity contribution >= 4 is 11.8 Å². The van der Waals surface area contributed by atoms with Gasteiger partial charge in [0.05, 0.1) is 11.8 Å². The normalized spacial score (nSPS) is 15.7. The quantitative estimate of drug-likeness (QED) is 0.906. The molecule has 1 N–H and O–H groups in total. The number of alkyl halides is 3. The Morgan fingerprint density at radius 2 is 1.73 bits per heavy atom. The van der Waals surface area contributed by atoms with Crippen molar-refractivity contribution in [2.24, 2.45) is 0 Å². The second kappa shape index (κ2) is 7.23. The number of hydrogen-bond donors (Lipinski definition) is 1. The van der Waals surface area contributed by atoms with Crippen LogP contribution >= 0.6 is 0 Å². The lowest BCUT2D eigenvalue weighted by molar-refractivity contribution is -0.137. The maximum atomic E-state index is 12.6. The van der Waals surface area contributed by atoms with Crippen LogP contribution in [0.4, 0.5) is 13.2 Å². The number of carbonyl (C=O) groups is 2. The highest BCUT2D eigenvalue weighted by Crippen LogP contribution is 2.29. The van der Waals surface area contributed by atoms with Gasteiger partial charge in [0.2, 0.25) is 0 Å². The Morgan fingerprint density at radius 1 is 1.08 bits per heavy atom. The van der Waals surface area contributed by atoms with Crippen molar-refractivity contribution in [1.29, 1.82) is 0 Å². The van der Waals surface area contributed by atoms with Crippen LogP contribution in [0.15, 0.2) is 47.1 Å². The molecule has 2 heterocycles. The van der Waals surface area contributed by atoms with Crippen LogP contribution in [0.25, 0.3) is 0 Å². The molecule has 2 amide bonds.